The monoisotopic (exact) mass is 337 g/mol. The summed E-state index contributed by atoms with van der Waals surface area (Å²) in [5, 5.41) is 5.45. The summed E-state index contributed by atoms with van der Waals surface area (Å²) in [7, 11) is 0. The molecule has 3 aromatic rings. The van der Waals surface area contributed by atoms with Gasteiger partial charge < -0.3 is 9.88 Å². The SMILES string of the molecule is Cc1cccc2c(CCC(=O)N3CCC[C@@H](n4cncn4)C3)c[nH]c12. The maximum atomic E-state index is 12.7. The van der Waals surface area contributed by atoms with Crippen LogP contribution in [0.1, 0.15) is 36.4 Å². The van der Waals surface area contributed by atoms with Gasteiger partial charge in [0.05, 0.1) is 6.04 Å². The van der Waals surface area contributed by atoms with Gasteiger partial charge in [-0.05, 0) is 37.3 Å². The van der Waals surface area contributed by atoms with Gasteiger partial charge in [0.1, 0.15) is 12.7 Å². The standard InChI is InChI=1S/C19H23N5O/c1-14-4-2-6-17-15(10-21-19(14)17)7-8-18(25)23-9-3-5-16(11-23)24-13-20-12-22-24/h2,4,6,10,12-13,16,21H,3,5,7-9,11H2,1H3/t16-/m1/s1. The van der Waals surface area contributed by atoms with E-state index in [1.54, 1.807) is 12.7 Å². The molecule has 0 spiro atoms. The van der Waals surface area contributed by atoms with Gasteiger partial charge in [-0.3, -0.25) is 4.79 Å². The van der Waals surface area contributed by atoms with Crippen LogP contribution in [-0.4, -0.2) is 43.6 Å². The van der Waals surface area contributed by atoms with Crippen molar-refractivity contribution < 1.29 is 4.79 Å². The van der Waals surface area contributed by atoms with Crippen molar-refractivity contribution in [3.8, 4) is 0 Å². The lowest BCUT2D eigenvalue weighted by atomic mass is 10.0. The number of likely N-dealkylation sites (tertiary alicyclic amines) is 1. The van der Waals surface area contributed by atoms with E-state index in [-0.39, 0.29) is 11.9 Å². The molecule has 1 fully saturated rings. The Labute approximate surface area is 146 Å². The molecule has 1 aliphatic rings. The highest BCUT2D eigenvalue weighted by Crippen LogP contribution is 2.24. The van der Waals surface area contributed by atoms with Gasteiger partial charge in [0.2, 0.25) is 5.91 Å². The first-order chi connectivity index (χ1) is 12.2. The van der Waals surface area contributed by atoms with Gasteiger partial charge in [-0.1, -0.05) is 18.2 Å². The maximum absolute atomic E-state index is 12.7. The number of fused-ring (bicyclic) bond motifs is 1. The molecule has 130 valence electrons. The number of aryl methyl sites for hydroxylation is 2. The summed E-state index contributed by atoms with van der Waals surface area (Å²) in [5.74, 6) is 0.229. The lowest BCUT2D eigenvalue weighted by Gasteiger charge is -2.32. The average Bonchev–Trinajstić information content (AvgIpc) is 3.30. The van der Waals surface area contributed by atoms with Crippen LogP contribution >= 0.6 is 0 Å². The third-order valence-electron chi connectivity index (χ3n) is 5.18. The van der Waals surface area contributed by atoms with E-state index in [9.17, 15) is 4.79 Å². The number of H-pyrrole nitrogens is 1. The normalized spacial score (nSPS) is 18.0. The summed E-state index contributed by atoms with van der Waals surface area (Å²) < 4.78 is 1.88. The molecule has 1 amide bonds. The van der Waals surface area contributed by atoms with Crippen molar-refractivity contribution in [2.24, 2.45) is 0 Å². The van der Waals surface area contributed by atoms with Gasteiger partial charge in [-0.15, -0.1) is 0 Å². The molecule has 4 rings (SSSR count). The molecule has 0 radical (unpaired) electrons. The van der Waals surface area contributed by atoms with E-state index in [0.29, 0.717) is 6.42 Å². The second kappa shape index (κ2) is 6.70. The van der Waals surface area contributed by atoms with E-state index in [2.05, 4.69) is 40.2 Å². The Morgan fingerprint density at radius 3 is 3.16 bits per heavy atom. The number of piperidine rings is 1. The van der Waals surface area contributed by atoms with Crippen LogP contribution in [0.2, 0.25) is 0 Å². The minimum atomic E-state index is 0.229. The number of nitrogens with one attached hydrogen (secondary N) is 1. The topological polar surface area (TPSA) is 66.8 Å². The molecule has 25 heavy (non-hydrogen) atoms. The first-order valence-electron chi connectivity index (χ1n) is 8.90. The van der Waals surface area contributed by atoms with Crippen molar-refractivity contribution in [2.45, 2.75) is 38.6 Å². The van der Waals surface area contributed by atoms with Crippen molar-refractivity contribution >= 4 is 16.8 Å². The fourth-order valence-corrected chi connectivity index (χ4v) is 3.77. The number of nitrogens with zero attached hydrogens (tertiary/aromatic N) is 4. The largest absolute Gasteiger partial charge is 0.361 e. The van der Waals surface area contributed by atoms with Crippen molar-refractivity contribution in [1.82, 2.24) is 24.6 Å². The van der Waals surface area contributed by atoms with Crippen molar-refractivity contribution in [2.75, 3.05) is 13.1 Å². The molecule has 1 aromatic carbocycles. The molecule has 0 saturated carbocycles. The number of aromatic nitrogens is 4. The second-order valence-corrected chi connectivity index (χ2v) is 6.82. The molecular weight excluding hydrogens is 314 g/mol. The number of carbonyl (C=O) groups excluding carboxylic acids is 1. The van der Waals surface area contributed by atoms with Crippen LogP contribution in [0.4, 0.5) is 0 Å². The molecule has 1 N–H and O–H groups in total. The lowest BCUT2D eigenvalue weighted by Crippen LogP contribution is -2.40. The number of hydrogen-bond donors (Lipinski definition) is 1. The second-order valence-electron chi connectivity index (χ2n) is 6.82. The molecule has 2 aromatic heterocycles. The Morgan fingerprint density at radius 2 is 2.32 bits per heavy atom. The average molecular weight is 337 g/mol. The highest BCUT2D eigenvalue weighted by molar-refractivity contribution is 5.86. The molecule has 6 nitrogen and oxygen atoms in total. The third-order valence-corrected chi connectivity index (χ3v) is 5.18. The van der Waals surface area contributed by atoms with Crippen LogP contribution < -0.4 is 0 Å². The minimum Gasteiger partial charge on any atom is -0.361 e. The van der Waals surface area contributed by atoms with Crippen LogP contribution in [0.25, 0.3) is 10.9 Å². The van der Waals surface area contributed by atoms with Gasteiger partial charge in [0, 0.05) is 36.6 Å². The van der Waals surface area contributed by atoms with Crippen molar-refractivity contribution in [3.63, 3.8) is 0 Å². The van der Waals surface area contributed by atoms with E-state index >= 15 is 0 Å². The number of rotatable bonds is 4. The molecular formula is C19H23N5O. The number of amides is 1. The first-order valence-corrected chi connectivity index (χ1v) is 8.90. The zero-order chi connectivity index (χ0) is 17.2. The zero-order valence-corrected chi connectivity index (χ0v) is 14.5. The molecule has 3 heterocycles. The van der Waals surface area contributed by atoms with Crippen LogP contribution in [0, 0.1) is 6.92 Å². The van der Waals surface area contributed by atoms with Crippen molar-refractivity contribution in [3.05, 3.63) is 48.2 Å². The summed E-state index contributed by atoms with van der Waals surface area (Å²) in [6.07, 6.45) is 8.72. The third kappa shape index (κ3) is 3.16. The quantitative estimate of drug-likeness (QED) is 0.796. The van der Waals surface area contributed by atoms with Crippen LogP contribution in [0.15, 0.2) is 37.1 Å². The Hall–Kier alpha value is -2.63. The number of hydrogen-bond acceptors (Lipinski definition) is 3. The zero-order valence-electron chi connectivity index (χ0n) is 14.5. The highest BCUT2D eigenvalue weighted by atomic mass is 16.2. The fraction of sp³-hybridized carbons (Fsp3) is 0.421. The van der Waals surface area contributed by atoms with Gasteiger partial charge >= 0.3 is 0 Å². The Bertz CT molecular complexity index is 867. The molecule has 1 aliphatic heterocycles. The van der Waals surface area contributed by atoms with E-state index in [1.165, 1.54) is 22.0 Å². The van der Waals surface area contributed by atoms with Gasteiger partial charge in [0.25, 0.3) is 0 Å². The summed E-state index contributed by atoms with van der Waals surface area (Å²) in [6.45, 7) is 3.68. The molecule has 0 aliphatic carbocycles. The van der Waals surface area contributed by atoms with E-state index < -0.39 is 0 Å². The van der Waals surface area contributed by atoms with Crippen molar-refractivity contribution in [1.29, 1.82) is 0 Å². The summed E-state index contributed by atoms with van der Waals surface area (Å²) in [6, 6.07) is 6.55. The number of carbonyl (C=O) groups is 1. The Morgan fingerprint density at radius 1 is 1.40 bits per heavy atom. The maximum Gasteiger partial charge on any atom is 0.222 e. The van der Waals surface area contributed by atoms with E-state index in [4.69, 9.17) is 0 Å². The van der Waals surface area contributed by atoms with Gasteiger partial charge in [-0.25, -0.2) is 9.67 Å². The number of benzene rings is 1. The summed E-state index contributed by atoms with van der Waals surface area (Å²) in [4.78, 5) is 22.0. The first kappa shape index (κ1) is 15.9. The van der Waals surface area contributed by atoms with E-state index in [1.807, 2.05) is 15.8 Å². The molecule has 6 heteroatoms. The predicted octanol–water partition coefficient (Wildman–Crippen LogP) is 2.86. The van der Waals surface area contributed by atoms with Gasteiger partial charge in [-0.2, -0.15) is 5.10 Å². The van der Waals surface area contributed by atoms with Crippen LogP contribution in [0.5, 0.6) is 0 Å². The highest BCUT2D eigenvalue weighted by Gasteiger charge is 2.25. The summed E-state index contributed by atoms with van der Waals surface area (Å²) >= 11 is 0. The smallest absolute Gasteiger partial charge is 0.222 e. The molecule has 1 saturated heterocycles. The summed E-state index contributed by atoms with van der Waals surface area (Å²) in [5.41, 5.74) is 3.63. The predicted molar refractivity (Wildman–Crippen MR) is 96.2 cm³/mol. The number of para-hydroxylation sites is 1. The molecule has 1 atom stereocenters. The van der Waals surface area contributed by atoms with Crippen LogP contribution in [-0.2, 0) is 11.2 Å². The Kier molecular flexibility index (Phi) is 4.26. The van der Waals surface area contributed by atoms with Gasteiger partial charge in [0.15, 0.2) is 0 Å². The molecule has 0 bridgehead atoms. The minimum absolute atomic E-state index is 0.229. The van der Waals surface area contributed by atoms with Crippen LogP contribution in [0.3, 0.4) is 0 Å². The van der Waals surface area contributed by atoms with E-state index in [0.717, 1.165) is 32.4 Å². The number of aromatic amines is 1. The Balaban J connectivity index is 1.40. The fourth-order valence-electron chi connectivity index (χ4n) is 3.77. The molecule has 0 unspecified atom stereocenters. The lowest BCUT2D eigenvalue weighted by molar-refractivity contribution is -0.132.